The van der Waals surface area contributed by atoms with Crippen LogP contribution in [0.1, 0.15) is 39.8 Å². The Bertz CT molecular complexity index is 1030. The summed E-state index contributed by atoms with van der Waals surface area (Å²) in [6, 6.07) is 16.7. The van der Waals surface area contributed by atoms with Crippen LogP contribution in [0.15, 0.2) is 74.9 Å². The second-order valence-electron chi connectivity index (χ2n) is 6.13. The van der Waals surface area contributed by atoms with Crippen molar-refractivity contribution >= 4 is 34.0 Å². The predicted octanol–water partition coefficient (Wildman–Crippen LogP) is 4.81. The van der Waals surface area contributed by atoms with Crippen LogP contribution in [0.2, 0.25) is 0 Å². The van der Waals surface area contributed by atoms with Gasteiger partial charge in [-0.25, -0.2) is 10.2 Å². The molecule has 7 nitrogen and oxygen atoms in total. The molecule has 0 atom stereocenters. The van der Waals surface area contributed by atoms with E-state index in [2.05, 4.69) is 26.5 Å². The number of hydrogen-bond donors (Lipinski definition) is 1. The van der Waals surface area contributed by atoms with Gasteiger partial charge in [0.25, 0.3) is 0 Å². The molecule has 0 aliphatic carbocycles. The average molecular weight is 471 g/mol. The van der Waals surface area contributed by atoms with Crippen LogP contribution in [-0.4, -0.2) is 24.7 Å². The molecule has 1 aromatic heterocycles. The van der Waals surface area contributed by atoms with Gasteiger partial charge in [-0.1, -0.05) is 6.92 Å². The molecule has 0 saturated carbocycles. The van der Waals surface area contributed by atoms with Gasteiger partial charge in [-0.05, 0) is 88.6 Å². The van der Waals surface area contributed by atoms with Crippen LogP contribution in [0.5, 0.6) is 11.5 Å². The highest BCUT2D eigenvalue weighted by Crippen LogP contribution is 2.17. The van der Waals surface area contributed by atoms with Crippen molar-refractivity contribution in [3.63, 3.8) is 0 Å². The molecule has 1 N–H and O–H groups in total. The third-order valence-electron chi connectivity index (χ3n) is 3.83. The molecule has 3 aromatic rings. The van der Waals surface area contributed by atoms with Crippen LogP contribution >= 0.6 is 15.9 Å². The number of benzene rings is 2. The van der Waals surface area contributed by atoms with Crippen molar-refractivity contribution in [3.05, 3.63) is 82.2 Å². The maximum Gasteiger partial charge on any atom is 0.343 e. The lowest BCUT2D eigenvalue weighted by molar-refractivity contribution is 0.0734. The van der Waals surface area contributed by atoms with E-state index in [0.29, 0.717) is 33.9 Å². The first-order chi connectivity index (χ1) is 14.5. The molecule has 1 heterocycles. The summed E-state index contributed by atoms with van der Waals surface area (Å²) in [4.78, 5) is 24.1. The standard InChI is InChI=1S/C22H19BrN2O5/c1-2-13-28-17-9-5-16(6-10-17)22(27)29-18-7-3-15(4-8-18)14-24-25-21(26)19-11-12-20(23)30-19/h3-12,14H,2,13H2,1H3,(H,25,26)/b24-14+. The van der Waals surface area contributed by atoms with E-state index in [1.54, 1.807) is 54.6 Å². The average Bonchev–Trinajstić information content (AvgIpc) is 3.20. The quantitative estimate of drug-likeness (QED) is 0.220. The monoisotopic (exact) mass is 470 g/mol. The Morgan fingerprint density at radius 3 is 2.37 bits per heavy atom. The number of nitrogens with one attached hydrogen (secondary N) is 1. The smallest absolute Gasteiger partial charge is 0.343 e. The largest absolute Gasteiger partial charge is 0.494 e. The van der Waals surface area contributed by atoms with Crippen LogP contribution in [0.25, 0.3) is 0 Å². The Kier molecular flexibility index (Phi) is 7.40. The normalized spacial score (nSPS) is 10.7. The number of nitrogens with zero attached hydrogens (tertiary/aromatic N) is 1. The van der Waals surface area contributed by atoms with Gasteiger partial charge in [0.15, 0.2) is 10.4 Å². The highest BCUT2D eigenvalue weighted by molar-refractivity contribution is 9.10. The Balaban J connectivity index is 1.52. The van der Waals surface area contributed by atoms with Gasteiger partial charge in [-0.3, -0.25) is 4.79 Å². The van der Waals surface area contributed by atoms with E-state index in [0.717, 1.165) is 6.42 Å². The highest BCUT2D eigenvalue weighted by Gasteiger charge is 2.10. The maximum absolute atomic E-state index is 12.3. The molecule has 8 heteroatoms. The van der Waals surface area contributed by atoms with Gasteiger partial charge >= 0.3 is 11.9 Å². The molecular formula is C22H19BrN2O5. The predicted molar refractivity (Wildman–Crippen MR) is 115 cm³/mol. The summed E-state index contributed by atoms with van der Waals surface area (Å²) >= 11 is 3.13. The van der Waals surface area contributed by atoms with E-state index in [1.165, 1.54) is 12.3 Å². The van der Waals surface area contributed by atoms with Crippen LogP contribution in [0, 0.1) is 0 Å². The van der Waals surface area contributed by atoms with Gasteiger partial charge in [0.1, 0.15) is 11.5 Å². The molecule has 2 aromatic carbocycles. The zero-order chi connectivity index (χ0) is 21.3. The van der Waals surface area contributed by atoms with Crippen LogP contribution < -0.4 is 14.9 Å². The van der Waals surface area contributed by atoms with Crippen LogP contribution in [0.4, 0.5) is 0 Å². The molecule has 0 aliphatic heterocycles. The number of esters is 1. The Morgan fingerprint density at radius 1 is 1.03 bits per heavy atom. The van der Waals surface area contributed by atoms with E-state index >= 15 is 0 Å². The lowest BCUT2D eigenvalue weighted by Gasteiger charge is -2.07. The fourth-order valence-electron chi connectivity index (χ4n) is 2.35. The number of hydrazone groups is 1. The van der Waals surface area contributed by atoms with Crippen molar-refractivity contribution in [2.75, 3.05) is 6.61 Å². The first-order valence-electron chi connectivity index (χ1n) is 9.19. The SMILES string of the molecule is CCCOc1ccc(C(=O)Oc2ccc(/C=N/NC(=O)c3ccc(Br)o3)cc2)cc1. The third kappa shape index (κ3) is 6.05. The van der Waals surface area contributed by atoms with Crippen molar-refractivity contribution in [3.8, 4) is 11.5 Å². The van der Waals surface area contributed by atoms with Crippen molar-refractivity contribution in [2.45, 2.75) is 13.3 Å². The number of furan rings is 1. The second kappa shape index (κ2) is 10.4. The minimum absolute atomic E-state index is 0.145. The summed E-state index contributed by atoms with van der Waals surface area (Å²) in [6.45, 7) is 2.66. The maximum atomic E-state index is 12.3. The summed E-state index contributed by atoms with van der Waals surface area (Å²) in [5.41, 5.74) is 3.51. The number of carbonyl (C=O) groups excluding carboxylic acids is 2. The van der Waals surface area contributed by atoms with Gasteiger partial charge in [0.2, 0.25) is 0 Å². The molecule has 0 radical (unpaired) electrons. The molecular weight excluding hydrogens is 452 g/mol. The molecule has 1 amide bonds. The van der Waals surface area contributed by atoms with Crippen LogP contribution in [-0.2, 0) is 0 Å². The van der Waals surface area contributed by atoms with E-state index < -0.39 is 11.9 Å². The van der Waals surface area contributed by atoms with Gasteiger partial charge in [0, 0.05) is 0 Å². The van der Waals surface area contributed by atoms with Gasteiger partial charge in [-0.2, -0.15) is 5.10 Å². The first-order valence-corrected chi connectivity index (χ1v) is 9.98. The Hall–Kier alpha value is -3.39. The van der Waals surface area contributed by atoms with E-state index in [-0.39, 0.29) is 5.76 Å². The van der Waals surface area contributed by atoms with Crippen molar-refractivity contribution in [2.24, 2.45) is 5.10 Å². The highest BCUT2D eigenvalue weighted by atomic mass is 79.9. The van der Waals surface area contributed by atoms with Gasteiger partial charge in [-0.15, -0.1) is 0 Å². The molecule has 0 aliphatic rings. The summed E-state index contributed by atoms with van der Waals surface area (Å²) in [7, 11) is 0. The fourth-order valence-corrected chi connectivity index (χ4v) is 2.66. The number of ether oxygens (including phenoxy) is 2. The molecule has 0 spiro atoms. The van der Waals surface area contributed by atoms with E-state index in [9.17, 15) is 9.59 Å². The second-order valence-corrected chi connectivity index (χ2v) is 6.92. The zero-order valence-electron chi connectivity index (χ0n) is 16.1. The lowest BCUT2D eigenvalue weighted by atomic mass is 10.2. The molecule has 154 valence electrons. The molecule has 0 saturated heterocycles. The summed E-state index contributed by atoms with van der Waals surface area (Å²) in [5, 5.41) is 3.88. The van der Waals surface area contributed by atoms with E-state index in [1.807, 2.05) is 6.92 Å². The van der Waals surface area contributed by atoms with Crippen molar-refractivity contribution < 1.29 is 23.5 Å². The summed E-state index contributed by atoms with van der Waals surface area (Å²) in [6.07, 6.45) is 2.38. The molecule has 3 rings (SSSR count). The molecule has 0 unspecified atom stereocenters. The van der Waals surface area contributed by atoms with Crippen molar-refractivity contribution in [1.29, 1.82) is 0 Å². The Labute approximate surface area is 181 Å². The van der Waals surface area contributed by atoms with Crippen molar-refractivity contribution in [1.82, 2.24) is 5.43 Å². The van der Waals surface area contributed by atoms with Crippen LogP contribution in [0.3, 0.4) is 0 Å². The Morgan fingerprint density at radius 2 is 1.73 bits per heavy atom. The zero-order valence-corrected chi connectivity index (χ0v) is 17.7. The summed E-state index contributed by atoms with van der Waals surface area (Å²) < 4.78 is 16.5. The topological polar surface area (TPSA) is 90.1 Å². The van der Waals surface area contributed by atoms with E-state index in [4.69, 9.17) is 13.9 Å². The third-order valence-corrected chi connectivity index (χ3v) is 4.26. The molecule has 0 fully saturated rings. The molecule has 0 bridgehead atoms. The first kappa shape index (κ1) is 21.3. The lowest BCUT2D eigenvalue weighted by Crippen LogP contribution is -2.16. The number of rotatable bonds is 8. The minimum atomic E-state index is -0.464. The number of halogens is 1. The number of amides is 1. The van der Waals surface area contributed by atoms with Gasteiger partial charge < -0.3 is 13.9 Å². The summed E-state index contributed by atoms with van der Waals surface area (Å²) in [5.74, 6) is 0.326. The fraction of sp³-hybridized carbons (Fsp3) is 0.136. The molecule has 30 heavy (non-hydrogen) atoms. The number of carbonyl (C=O) groups is 2. The van der Waals surface area contributed by atoms with Gasteiger partial charge in [0.05, 0.1) is 18.4 Å². The number of hydrogen-bond acceptors (Lipinski definition) is 6. The minimum Gasteiger partial charge on any atom is -0.494 e.